The topological polar surface area (TPSA) is 55.4 Å². The number of ether oxygens (including phenoxy) is 1. The molecule has 0 aliphatic carbocycles. The molecule has 8 heteroatoms. The Labute approximate surface area is 133 Å². The van der Waals surface area contributed by atoms with Gasteiger partial charge in [0.1, 0.15) is 17.5 Å². The van der Waals surface area contributed by atoms with Crippen molar-refractivity contribution >= 4 is 29.2 Å². The highest BCUT2D eigenvalue weighted by Crippen LogP contribution is 2.18. The molecule has 1 amide bonds. The molecule has 0 aliphatic rings. The number of carbonyl (C=O) groups excluding carboxylic acids is 2. The lowest BCUT2D eigenvalue weighted by Crippen LogP contribution is -2.21. The summed E-state index contributed by atoms with van der Waals surface area (Å²) in [6.07, 6.45) is 0. The van der Waals surface area contributed by atoms with Crippen molar-refractivity contribution in [3.8, 4) is 0 Å². The fourth-order valence-corrected chi connectivity index (χ4v) is 1.83. The van der Waals surface area contributed by atoms with E-state index in [1.807, 2.05) is 0 Å². The summed E-state index contributed by atoms with van der Waals surface area (Å²) in [7, 11) is 0. The van der Waals surface area contributed by atoms with Crippen molar-refractivity contribution in [3.63, 3.8) is 0 Å². The molecule has 120 valence electrons. The third kappa shape index (κ3) is 4.46. The van der Waals surface area contributed by atoms with Crippen molar-refractivity contribution in [2.24, 2.45) is 0 Å². The molecule has 2 aromatic carbocycles. The van der Waals surface area contributed by atoms with Crippen LogP contribution in [0.3, 0.4) is 0 Å². The van der Waals surface area contributed by atoms with Crippen LogP contribution in [0.4, 0.5) is 18.9 Å². The number of nitrogens with one attached hydrogen (secondary N) is 1. The number of hydrogen-bond donors (Lipinski definition) is 1. The Morgan fingerprint density at radius 3 is 2.39 bits per heavy atom. The Kier molecular flexibility index (Phi) is 5.23. The zero-order valence-electron chi connectivity index (χ0n) is 11.4. The van der Waals surface area contributed by atoms with E-state index >= 15 is 0 Å². The van der Waals surface area contributed by atoms with Crippen LogP contribution < -0.4 is 5.32 Å². The highest BCUT2D eigenvalue weighted by Gasteiger charge is 2.15. The van der Waals surface area contributed by atoms with Crippen LogP contribution in [-0.4, -0.2) is 18.5 Å². The molecule has 4 nitrogen and oxygen atoms in total. The Bertz CT molecular complexity index is 768. The van der Waals surface area contributed by atoms with Crippen molar-refractivity contribution in [2.75, 3.05) is 11.9 Å². The van der Waals surface area contributed by atoms with Gasteiger partial charge < -0.3 is 10.1 Å². The van der Waals surface area contributed by atoms with Gasteiger partial charge in [-0.3, -0.25) is 4.79 Å². The van der Waals surface area contributed by atoms with Gasteiger partial charge >= 0.3 is 5.97 Å². The highest BCUT2D eigenvalue weighted by atomic mass is 35.5. The number of rotatable bonds is 4. The van der Waals surface area contributed by atoms with E-state index in [0.717, 1.165) is 24.3 Å². The minimum Gasteiger partial charge on any atom is -0.452 e. The van der Waals surface area contributed by atoms with Gasteiger partial charge in [-0.15, -0.1) is 0 Å². The number of anilines is 1. The van der Waals surface area contributed by atoms with E-state index < -0.39 is 35.9 Å². The summed E-state index contributed by atoms with van der Waals surface area (Å²) in [6.45, 7) is -0.748. The molecule has 0 bridgehead atoms. The maximum Gasteiger partial charge on any atom is 0.340 e. The van der Waals surface area contributed by atoms with Crippen molar-refractivity contribution in [3.05, 3.63) is 64.4 Å². The minimum atomic E-state index is -1.01. The summed E-state index contributed by atoms with van der Waals surface area (Å²) >= 11 is 5.72. The second-order valence-corrected chi connectivity index (χ2v) is 4.78. The van der Waals surface area contributed by atoms with Crippen LogP contribution in [0.1, 0.15) is 10.4 Å². The first kappa shape index (κ1) is 16.8. The van der Waals surface area contributed by atoms with E-state index in [9.17, 15) is 22.8 Å². The smallest absolute Gasteiger partial charge is 0.340 e. The number of amides is 1. The maximum absolute atomic E-state index is 13.4. The predicted molar refractivity (Wildman–Crippen MR) is 76.7 cm³/mol. The van der Waals surface area contributed by atoms with Crippen LogP contribution in [0.15, 0.2) is 36.4 Å². The lowest BCUT2D eigenvalue weighted by atomic mass is 10.2. The molecule has 2 aromatic rings. The van der Waals surface area contributed by atoms with Crippen LogP contribution in [0.25, 0.3) is 0 Å². The molecule has 1 N–H and O–H groups in total. The summed E-state index contributed by atoms with van der Waals surface area (Å²) in [6, 6.07) is 5.66. The number of esters is 1. The zero-order chi connectivity index (χ0) is 17.0. The molecule has 0 aromatic heterocycles. The van der Waals surface area contributed by atoms with E-state index in [2.05, 4.69) is 10.1 Å². The lowest BCUT2D eigenvalue weighted by molar-refractivity contribution is -0.119. The summed E-state index contributed by atoms with van der Waals surface area (Å²) in [4.78, 5) is 23.3. The van der Waals surface area contributed by atoms with Gasteiger partial charge in [0.05, 0.1) is 16.3 Å². The standard InChI is InChI=1S/C15H9ClF3NO3/c16-11-3-1-8(17)5-10(11)15(22)23-7-14(21)20-13-4-2-9(18)6-12(13)19/h1-6H,7H2,(H,20,21). The van der Waals surface area contributed by atoms with Crippen LogP contribution in [-0.2, 0) is 9.53 Å². The third-order valence-electron chi connectivity index (χ3n) is 2.69. The van der Waals surface area contributed by atoms with Crippen LogP contribution in [0.2, 0.25) is 5.02 Å². The molecular weight excluding hydrogens is 335 g/mol. The van der Waals surface area contributed by atoms with E-state index in [1.54, 1.807) is 0 Å². The van der Waals surface area contributed by atoms with Crippen molar-refractivity contribution in [1.29, 1.82) is 0 Å². The van der Waals surface area contributed by atoms with E-state index in [1.165, 1.54) is 6.07 Å². The molecule has 0 fully saturated rings. The first-order valence-corrected chi connectivity index (χ1v) is 6.61. The molecular formula is C15H9ClF3NO3. The first-order valence-electron chi connectivity index (χ1n) is 6.24. The van der Waals surface area contributed by atoms with Gasteiger partial charge in [-0.2, -0.15) is 0 Å². The number of halogens is 4. The van der Waals surface area contributed by atoms with Gasteiger partial charge in [0.2, 0.25) is 0 Å². The SMILES string of the molecule is O=C(COC(=O)c1cc(F)ccc1Cl)Nc1ccc(F)cc1F. The molecule has 0 unspecified atom stereocenters. The average molecular weight is 344 g/mol. The number of hydrogen-bond acceptors (Lipinski definition) is 3. The van der Waals surface area contributed by atoms with Crippen molar-refractivity contribution in [2.45, 2.75) is 0 Å². The molecule has 0 aliphatic heterocycles. The maximum atomic E-state index is 13.4. The largest absolute Gasteiger partial charge is 0.452 e. The summed E-state index contributed by atoms with van der Waals surface area (Å²) in [5.41, 5.74) is -0.510. The van der Waals surface area contributed by atoms with Gasteiger partial charge in [0.25, 0.3) is 5.91 Å². The quantitative estimate of drug-likeness (QED) is 0.864. The fraction of sp³-hybridized carbons (Fsp3) is 0.0667. The monoisotopic (exact) mass is 343 g/mol. The molecule has 0 heterocycles. The van der Waals surface area contributed by atoms with Gasteiger partial charge in [-0.05, 0) is 30.3 Å². The third-order valence-corrected chi connectivity index (χ3v) is 3.02. The van der Waals surface area contributed by atoms with Gasteiger partial charge in [-0.1, -0.05) is 11.6 Å². The minimum absolute atomic E-state index is 0.0404. The molecule has 0 atom stereocenters. The van der Waals surface area contributed by atoms with E-state index in [4.69, 9.17) is 11.6 Å². The lowest BCUT2D eigenvalue weighted by Gasteiger charge is -2.08. The van der Waals surface area contributed by atoms with Gasteiger partial charge in [0, 0.05) is 6.07 Å². The zero-order valence-corrected chi connectivity index (χ0v) is 12.2. The van der Waals surface area contributed by atoms with Crippen molar-refractivity contribution in [1.82, 2.24) is 0 Å². The average Bonchev–Trinajstić information content (AvgIpc) is 2.50. The molecule has 0 spiro atoms. The number of benzene rings is 2. The second-order valence-electron chi connectivity index (χ2n) is 4.37. The Balaban J connectivity index is 1.96. The number of carbonyl (C=O) groups is 2. The molecule has 0 saturated heterocycles. The molecule has 0 radical (unpaired) electrons. The Morgan fingerprint density at radius 1 is 1.04 bits per heavy atom. The summed E-state index contributed by atoms with van der Waals surface area (Å²) < 4.78 is 43.8. The highest BCUT2D eigenvalue weighted by molar-refractivity contribution is 6.33. The molecule has 2 rings (SSSR count). The van der Waals surface area contributed by atoms with E-state index in [0.29, 0.717) is 6.07 Å². The Morgan fingerprint density at radius 2 is 1.70 bits per heavy atom. The van der Waals surface area contributed by atoms with Gasteiger partial charge in [0.15, 0.2) is 6.61 Å². The normalized spacial score (nSPS) is 10.3. The second kappa shape index (κ2) is 7.15. The summed E-state index contributed by atoms with van der Waals surface area (Å²) in [5.74, 6) is -4.33. The van der Waals surface area contributed by atoms with Crippen LogP contribution >= 0.6 is 11.6 Å². The van der Waals surface area contributed by atoms with Crippen molar-refractivity contribution < 1.29 is 27.5 Å². The Hall–Kier alpha value is -2.54. The van der Waals surface area contributed by atoms with E-state index in [-0.39, 0.29) is 16.3 Å². The fourth-order valence-electron chi connectivity index (χ4n) is 1.64. The molecule has 0 saturated carbocycles. The van der Waals surface area contributed by atoms with Crippen LogP contribution in [0, 0.1) is 17.5 Å². The first-order chi connectivity index (χ1) is 10.9. The summed E-state index contributed by atoms with van der Waals surface area (Å²) in [5, 5.41) is 2.06. The van der Waals surface area contributed by atoms with Gasteiger partial charge in [-0.25, -0.2) is 18.0 Å². The van der Waals surface area contributed by atoms with Crippen LogP contribution in [0.5, 0.6) is 0 Å². The molecule has 23 heavy (non-hydrogen) atoms. The predicted octanol–water partition coefficient (Wildman–Crippen LogP) is 3.55.